The summed E-state index contributed by atoms with van der Waals surface area (Å²) in [6, 6.07) is 10.6. The lowest BCUT2D eigenvalue weighted by Gasteiger charge is -2.27. The molecule has 0 bridgehead atoms. The summed E-state index contributed by atoms with van der Waals surface area (Å²) >= 11 is 0. The zero-order valence-corrected chi connectivity index (χ0v) is 91.0. The number of carbonyl (C=O) groups is 9. The second kappa shape index (κ2) is 74.4. The lowest BCUT2D eigenvalue weighted by atomic mass is 9.98. The normalized spacial score (nSPS) is 14.8. The van der Waals surface area contributed by atoms with Crippen LogP contribution in [0.1, 0.15) is 407 Å². The van der Waals surface area contributed by atoms with Gasteiger partial charge in [0.05, 0.1) is 37.1 Å². The Morgan fingerprint density at radius 2 is 0.662 bits per heavy atom. The van der Waals surface area contributed by atoms with Crippen LogP contribution >= 0.6 is 0 Å². The Morgan fingerprint density at radius 1 is 0.331 bits per heavy atom. The van der Waals surface area contributed by atoms with Crippen LogP contribution in [-0.2, 0) is 92.2 Å². The van der Waals surface area contributed by atoms with Gasteiger partial charge < -0.3 is 79.8 Å². The van der Waals surface area contributed by atoms with Crippen molar-refractivity contribution in [2.45, 2.75) is 563 Å². The highest BCUT2D eigenvalue weighted by Gasteiger charge is 2.33. The second-order valence-electron chi connectivity index (χ2n) is 41.2. The summed E-state index contributed by atoms with van der Waals surface area (Å²) in [5.74, 6) is -0.862. The van der Waals surface area contributed by atoms with E-state index in [0.29, 0.717) is 43.1 Å². The van der Waals surface area contributed by atoms with Gasteiger partial charge in [-0.05, 0) is 295 Å². The quantitative estimate of drug-likeness (QED) is 0.0217. The molecule has 768 valence electrons. The minimum Gasteiger partial charge on any atom is -0.465 e. The van der Waals surface area contributed by atoms with Gasteiger partial charge in [0.15, 0.2) is 0 Å². The smallest absolute Gasteiger partial charge is 0.326 e. The number of ether oxygens (including phenoxy) is 9. The predicted molar refractivity (Wildman–Crippen MR) is 535 cm³/mol. The molecule has 0 heterocycles. The lowest BCUT2D eigenvalue weighted by Crippen LogP contribution is -2.51. The van der Waals surface area contributed by atoms with Crippen LogP contribution in [0.25, 0.3) is 0 Å². The fourth-order valence-corrected chi connectivity index (χ4v) is 13.2. The largest absolute Gasteiger partial charge is 0.465 e. The van der Waals surface area contributed by atoms with Gasteiger partial charge in [0.25, 0.3) is 0 Å². The number of carbonyl (C=O) groups excluding carboxylic acids is 9. The Morgan fingerprint density at radius 3 is 0.992 bits per heavy atom. The van der Waals surface area contributed by atoms with Gasteiger partial charge in [0.2, 0.25) is 0 Å². The van der Waals surface area contributed by atoms with Crippen LogP contribution in [0.2, 0.25) is 0 Å². The molecule has 1 aromatic rings. The van der Waals surface area contributed by atoms with E-state index in [4.69, 9.17) is 42.6 Å². The van der Waals surface area contributed by atoms with Crippen LogP contribution in [0.4, 0.5) is 0 Å². The summed E-state index contributed by atoms with van der Waals surface area (Å²) in [4.78, 5) is 105. The van der Waals surface area contributed by atoms with Crippen LogP contribution in [0.15, 0.2) is 30.3 Å². The molecule has 2 fully saturated rings. The van der Waals surface area contributed by atoms with Crippen LogP contribution in [0.3, 0.4) is 0 Å². The third-order valence-corrected chi connectivity index (χ3v) is 18.2. The molecule has 0 saturated heterocycles. The Kier molecular flexibility index (Phi) is 77.1. The molecular weight excluding hydrogens is 1650 g/mol. The third-order valence-electron chi connectivity index (χ3n) is 18.2. The Labute approximate surface area is 794 Å². The number of nitrogens with one attached hydrogen (secondary N) is 9. The van der Waals surface area contributed by atoms with Gasteiger partial charge in [0.1, 0.15) is 71.7 Å². The molecule has 7 atom stereocenters. The van der Waals surface area contributed by atoms with E-state index in [0.717, 1.165) is 69.8 Å². The maximum atomic E-state index is 12.0. The maximum absolute atomic E-state index is 12.0. The number of rotatable bonds is 43. The molecule has 27 nitrogen and oxygen atoms in total. The number of hydrogen-bond donors (Lipinski definition) is 9. The van der Waals surface area contributed by atoms with Gasteiger partial charge in [-0.25, -0.2) is 0 Å². The summed E-state index contributed by atoms with van der Waals surface area (Å²) in [6.07, 6.45) is 16.2. The summed E-state index contributed by atoms with van der Waals surface area (Å²) < 4.78 is 47.0. The molecule has 0 radical (unpaired) electrons. The van der Waals surface area contributed by atoms with Gasteiger partial charge in [-0.1, -0.05) is 154 Å². The molecule has 2 aliphatic carbocycles. The Balaban J connectivity index is -0.000000333. The highest BCUT2D eigenvalue weighted by molar-refractivity contribution is 5.81. The molecule has 0 unspecified atom stereocenters. The molecular formula is C103H203N9O18. The van der Waals surface area contributed by atoms with Gasteiger partial charge in [-0.3, -0.25) is 53.8 Å². The van der Waals surface area contributed by atoms with E-state index >= 15 is 0 Å². The van der Waals surface area contributed by atoms with E-state index in [2.05, 4.69) is 89.4 Å². The predicted octanol–water partition coefficient (Wildman–Crippen LogP) is 18.8. The minimum atomic E-state index is -0.599. The fourth-order valence-electron chi connectivity index (χ4n) is 13.2. The summed E-state index contributed by atoms with van der Waals surface area (Å²) in [5.41, 5.74) is -0.150. The van der Waals surface area contributed by atoms with Crippen LogP contribution in [0.5, 0.6) is 0 Å². The summed E-state index contributed by atoms with van der Waals surface area (Å²) in [7, 11) is 0. The van der Waals surface area contributed by atoms with Gasteiger partial charge in [0, 0.05) is 53.4 Å². The van der Waals surface area contributed by atoms with E-state index in [1.54, 1.807) is 0 Å². The highest BCUT2D eigenvalue weighted by Crippen LogP contribution is 2.23. The second-order valence-corrected chi connectivity index (χ2v) is 41.2. The molecule has 2 aliphatic rings. The van der Waals surface area contributed by atoms with Crippen molar-refractivity contribution in [1.29, 1.82) is 0 Å². The van der Waals surface area contributed by atoms with E-state index < -0.39 is 11.1 Å². The standard InChI is InChI=1S/C15H23NO2.2C12H23NO2.2C12H25NO2.C11H23NO2.2C10H21NO2.C9H19NO2/c1-11(2)16-14(15(17)18-12(3)4)10-13-8-6-5-7-9-13;1-9(13-12(2,3)4)11(14)15-10-7-5-6-8-10;1-9(2)13-10(3)12(14)15-11-7-5-4-6-8-11;1-8(2)7-11(13-9(3)4)12(14)15-10(5)6;1-7-8-10(13-12(4,5)6)11(14)15-9(2)3;1-6-10(7-2)14-11(13)9(5)12-8(3)4;1-7(2)11-10(5,6)9(12)13-8(3)4;1-6-9(11-7(2)3)10(12)13-8(4)5;1-6-12-8(11)9(4,5)10-7(2)3/h5-9,11-12,14,16H,10H2,1-4H3;9-10,13H,5-8H2,1-4H3;9-11,13H,4-8H2,1-3H3;8-11,13H,7H2,1-6H3;9-10,13H,7-8H2,1-6H3;8-10,12H,6-7H2,1-5H3;7-8,11H,1-6H3;7-9,11H,6H2,1-5H3;7,10H,6H2,1-5H3/t14-;9-;10-;11-;10-;9-;;9-;/m000000.0./s1. The first-order valence-corrected chi connectivity index (χ1v) is 49.4. The molecule has 3 rings (SSSR count). The van der Waals surface area contributed by atoms with E-state index in [1.807, 2.05) is 293 Å². The summed E-state index contributed by atoms with van der Waals surface area (Å²) in [5, 5.41) is 28.7. The van der Waals surface area contributed by atoms with Crippen molar-refractivity contribution in [2.75, 3.05) is 6.61 Å². The first kappa shape index (κ1) is 135. The SMILES string of the molecule is CC(C)C[C@H](NC(C)C)C(=O)OC(C)C.CC(C)NC(C)(C)C(=O)OC(C)C.CC(C)N[C@@H](C)C(=O)OC1CCCCC1.CC(C)N[C@@H](Cc1ccccc1)C(=O)OC(C)C.CCC(CC)OC(=O)[C@H](C)NC(C)C.CCC[C@H](NC(C)(C)C)C(=O)OC(C)C.CCOC(=O)C(C)(C)NC(C)C.CC[C@H](NC(C)C)C(=O)OC(C)C.C[C@H](NC(C)(C)C)C(=O)OC1CCCC1. The molecule has 130 heavy (non-hydrogen) atoms. The molecule has 2 saturated carbocycles. The van der Waals surface area contributed by atoms with Crippen molar-refractivity contribution in [3.63, 3.8) is 0 Å². The molecule has 9 N–H and O–H groups in total. The number of esters is 9. The van der Waals surface area contributed by atoms with E-state index in [9.17, 15) is 43.2 Å². The lowest BCUT2D eigenvalue weighted by molar-refractivity contribution is -0.155. The van der Waals surface area contributed by atoms with Gasteiger partial charge >= 0.3 is 53.7 Å². The number of hydrogen-bond acceptors (Lipinski definition) is 27. The van der Waals surface area contributed by atoms with E-state index in [-0.39, 0.29) is 174 Å². The monoisotopic (exact) mass is 1850 g/mol. The van der Waals surface area contributed by atoms with Crippen LogP contribution < -0.4 is 47.9 Å². The van der Waals surface area contributed by atoms with Crippen molar-refractivity contribution >= 4 is 53.7 Å². The first-order valence-electron chi connectivity index (χ1n) is 49.4. The summed E-state index contributed by atoms with van der Waals surface area (Å²) in [6.45, 7) is 86.7. The molecule has 0 aliphatic heterocycles. The molecule has 1 aromatic carbocycles. The molecule has 0 aromatic heterocycles. The first-order chi connectivity index (χ1) is 59.7. The fraction of sp³-hybridized carbons (Fsp3) is 0.854. The van der Waals surface area contributed by atoms with E-state index in [1.165, 1.54) is 32.1 Å². The van der Waals surface area contributed by atoms with Crippen molar-refractivity contribution in [2.24, 2.45) is 5.92 Å². The van der Waals surface area contributed by atoms with Crippen molar-refractivity contribution < 1.29 is 85.8 Å². The van der Waals surface area contributed by atoms with Crippen molar-refractivity contribution in [1.82, 2.24) is 47.9 Å². The highest BCUT2D eigenvalue weighted by atomic mass is 16.6. The zero-order valence-electron chi connectivity index (χ0n) is 91.0. The molecule has 0 amide bonds. The number of benzene rings is 1. The topological polar surface area (TPSA) is 345 Å². The average molecular weight is 1860 g/mol. The maximum Gasteiger partial charge on any atom is 0.326 e. The Bertz CT molecular complexity index is 3030. The average Bonchev–Trinajstić information content (AvgIpc) is 0.951. The van der Waals surface area contributed by atoms with Gasteiger partial charge in [-0.2, -0.15) is 0 Å². The van der Waals surface area contributed by atoms with Crippen LogP contribution in [0, 0.1) is 5.92 Å². The third kappa shape index (κ3) is 80.5. The molecule has 27 heteroatoms. The van der Waals surface area contributed by atoms with Crippen molar-refractivity contribution in [3.8, 4) is 0 Å². The van der Waals surface area contributed by atoms with Crippen molar-refractivity contribution in [3.05, 3.63) is 35.9 Å². The van der Waals surface area contributed by atoms with Gasteiger partial charge in [-0.15, -0.1) is 0 Å². The molecule has 0 spiro atoms. The van der Waals surface area contributed by atoms with Crippen LogP contribution in [-0.4, -0.2) is 216 Å². The minimum absolute atomic E-state index is 0.0319. The Hall–Kier alpha value is -5.91. The zero-order chi connectivity index (χ0) is 102.